The third kappa shape index (κ3) is 5.39. The third-order valence-corrected chi connectivity index (χ3v) is 3.10. The maximum absolute atomic E-state index is 2.12. The summed E-state index contributed by atoms with van der Waals surface area (Å²) in [4.78, 5) is 0. The van der Waals surface area contributed by atoms with Gasteiger partial charge in [0.15, 0.2) is 0 Å². The van der Waals surface area contributed by atoms with E-state index in [1.807, 2.05) is 0 Å². The molecule has 0 saturated carbocycles. The van der Waals surface area contributed by atoms with Crippen LogP contribution in [-0.2, 0) is 0 Å². The van der Waals surface area contributed by atoms with Crippen molar-refractivity contribution in [1.82, 2.24) is 0 Å². The van der Waals surface area contributed by atoms with Crippen molar-refractivity contribution < 1.29 is 66.6 Å². The van der Waals surface area contributed by atoms with E-state index >= 15 is 0 Å². The van der Waals surface area contributed by atoms with Gasteiger partial charge in [0.25, 0.3) is 0 Å². The SMILES string of the molecule is [Ce+4].[Cl-].[Cl-].c1ccc2[cH-]ccc2c1.c1ccc2[cH-]ccc2c1. The van der Waals surface area contributed by atoms with Crippen molar-refractivity contribution in [2.24, 2.45) is 0 Å². The number of fused-ring (bicyclic) bond motifs is 2. The molecule has 0 nitrogen and oxygen atoms in total. The molecule has 0 radical (unpaired) electrons. The van der Waals surface area contributed by atoms with Crippen molar-refractivity contribution >= 4 is 21.5 Å². The van der Waals surface area contributed by atoms with Crippen molar-refractivity contribution in [3.63, 3.8) is 0 Å². The Morgan fingerprint density at radius 2 is 0.905 bits per heavy atom. The van der Waals surface area contributed by atoms with E-state index in [4.69, 9.17) is 0 Å². The van der Waals surface area contributed by atoms with Gasteiger partial charge in [-0.1, -0.05) is 12.1 Å². The van der Waals surface area contributed by atoms with Crippen molar-refractivity contribution in [1.29, 1.82) is 0 Å². The maximum Gasteiger partial charge on any atom is 4.00 e. The molecule has 4 aromatic rings. The first-order valence-electron chi connectivity index (χ1n) is 6.14. The Bertz CT molecular complexity index is 629. The molecule has 0 heterocycles. The summed E-state index contributed by atoms with van der Waals surface area (Å²) >= 11 is 0. The van der Waals surface area contributed by atoms with Crippen LogP contribution in [0.5, 0.6) is 0 Å². The smallest absolute Gasteiger partial charge is 1.00 e. The molecule has 4 rings (SSSR count). The predicted octanol–water partition coefficient (Wildman–Crippen LogP) is -0.875. The molecule has 4 aromatic carbocycles. The summed E-state index contributed by atoms with van der Waals surface area (Å²) in [6.45, 7) is 0. The summed E-state index contributed by atoms with van der Waals surface area (Å²) in [5, 5.41) is 5.32. The van der Waals surface area contributed by atoms with Gasteiger partial charge < -0.3 is 24.8 Å². The van der Waals surface area contributed by atoms with Crippen LogP contribution in [0, 0.1) is 41.7 Å². The normalized spacial score (nSPS) is 8.76. The van der Waals surface area contributed by atoms with Crippen molar-refractivity contribution in [3.05, 3.63) is 84.9 Å². The van der Waals surface area contributed by atoms with E-state index in [2.05, 4.69) is 84.9 Å². The monoisotopic (exact) mass is 440 g/mol. The minimum atomic E-state index is 0. The third-order valence-electron chi connectivity index (χ3n) is 3.10. The van der Waals surface area contributed by atoms with Crippen LogP contribution >= 0.6 is 0 Å². The number of benzene rings is 2. The molecule has 0 aliphatic carbocycles. The van der Waals surface area contributed by atoms with E-state index in [-0.39, 0.29) is 66.6 Å². The van der Waals surface area contributed by atoms with Gasteiger partial charge in [-0.3, -0.25) is 0 Å². The minimum Gasteiger partial charge on any atom is -1.00 e. The van der Waals surface area contributed by atoms with Gasteiger partial charge in [-0.25, -0.2) is 0 Å². The van der Waals surface area contributed by atoms with Crippen LogP contribution in [0.1, 0.15) is 0 Å². The molecule has 21 heavy (non-hydrogen) atoms. The molecule has 0 bridgehead atoms. The molecule has 0 aliphatic rings. The Morgan fingerprint density at radius 1 is 0.524 bits per heavy atom. The molecular weight excluding hydrogens is 427 g/mol. The van der Waals surface area contributed by atoms with Crippen molar-refractivity contribution in [3.8, 4) is 0 Å². The molecule has 0 spiro atoms. The van der Waals surface area contributed by atoms with Gasteiger partial charge in [-0.2, -0.15) is 35.0 Å². The Balaban J connectivity index is 0.000000333. The zero-order valence-corrected chi connectivity index (χ0v) is 16.0. The fraction of sp³-hybridized carbons (Fsp3) is 0. The number of hydrogen-bond donors (Lipinski definition) is 0. The summed E-state index contributed by atoms with van der Waals surface area (Å²) < 4.78 is 0. The first kappa shape index (κ1) is 20.6. The van der Waals surface area contributed by atoms with Gasteiger partial charge in [0.1, 0.15) is 0 Å². The Morgan fingerprint density at radius 3 is 1.29 bits per heavy atom. The van der Waals surface area contributed by atoms with Crippen LogP contribution in [0.2, 0.25) is 0 Å². The molecule has 0 N–H and O–H groups in total. The molecule has 0 amide bonds. The van der Waals surface area contributed by atoms with Crippen LogP contribution in [0.25, 0.3) is 21.5 Å². The van der Waals surface area contributed by atoms with E-state index in [1.54, 1.807) is 0 Å². The largest absolute Gasteiger partial charge is 4.00 e. The molecule has 0 aliphatic heterocycles. The number of hydrogen-bond acceptors (Lipinski definition) is 0. The van der Waals surface area contributed by atoms with Crippen LogP contribution in [0.15, 0.2) is 84.9 Å². The quantitative estimate of drug-likeness (QED) is 0.312. The second-order valence-corrected chi connectivity index (χ2v) is 4.31. The van der Waals surface area contributed by atoms with E-state index in [9.17, 15) is 0 Å². The fourth-order valence-corrected chi connectivity index (χ4v) is 2.14. The summed E-state index contributed by atoms with van der Waals surface area (Å²) in [7, 11) is 0. The van der Waals surface area contributed by atoms with Crippen LogP contribution in [-0.4, -0.2) is 0 Å². The molecule has 0 aromatic heterocycles. The molecular formula is C18H14CeCl2. The zero-order valence-electron chi connectivity index (χ0n) is 11.3. The first-order valence-corrected chi connectivity index (χ1v) is 6.14. The van der Waals surface area contributed by atoms with Crippen molar-refractivity contribution in [2.45, 2.75) is 0 Å². The molecule has 0 fully saturated rings. The van der Waals surface area contributed by atoms with Crippen LogP contribution in [0.3, 0.4) is 0 Å². The standard InChI is InChI=1S/2C9H7.Ce.2ClH/c2*1-2-5-9-7-3-6-8(9)4-1;;;/h2*1-7H;;2*1H/q2*-1;+4;;/p-2. The molecule has 0 unspecified atom stereocenters. The average molecular weight is 441 g/mol. The van der Waals surface area contributed by atoms with Gasteiger partial charge in [0.2, 0.25) is 0 Å². The van der Waals surface area contributed by atoms with Gasteiger partial charge in [0, 0.05) is 0 Å². The van der Waals surface area contributed by atoms with Crippen LogP contribution < -0.4 is 24.8 Å². The van der Waals surface area contributed by atoms with Gasteiger partial charge >= 0.3 is 41.7 Å². The molecule has 104 valence electrons. The van der Waals surface area contributed by atoms with E-state index < -0.39 is 0 Å². The summed E-state index contributed by atoms with van der Waals surface area (Å²) in [6.07, 6.45) is 0. The van der Waals surface area contributed by atoms with Crippen molar-refractivity contribution in [2.75, 3.05) is 0 Å². The maximum atomic E-state index is 2.12. The Hall–Kier alpha value is -0.383. The second kappa shape index (κ2) is 10.4. The second-order valence-electron chi connectivity index (χ2n) is 4.31. The Kier molecular flexibility index (Phi) is 10.2. The topological polar surface area (TPSA) is 0 Å². The van der Waals surface area contributed by atoms with Crippen LogP contribution in [0.4, 0.5) is 0 Å². The van der Waals surface area contributed by atoms with E-state index in [0.29, 0.717) is 0 Å². The minimum absolute atomic E-state index is 0. The number of rotatable bonds is 0. The average Bonchev–Trinajstić information content (AvgIpc) is 3.08. The van der Waals surface area contributed by atoms with Gasteiger partial charge in [-0.05, 0) is 0 Å². The first-order chi connectivity index (χ1) is 8.93. The summed E-state index contributed by atoms with van der Waals surface area (Å²) in [6, 6.07) is 29.3. The summed E-state index contributed by atoms with van der Waals surface area (Å²) in [5.74, 6) is 0. The molecule has 0 saturated heterocycles. The summed E-state index contributed by atoms with van der Waals surface area (Å²) in [5.41, 5.74) is 0. The fourth-order valence-electron chi connectivity index (χ4n) is 2.14. The predicted molar refractivity (Wildman–Crippen MR) is 79.1 cm³/mol. The molecule has 0 atom stereocenters. The van der Waals surface area contributed by atoms with Gasteiger partial charge in [0.05, 0.1) is 0 Å². The van der Waals surface area contributed by atoms with Gasteiger partial charge in [-0.15, -0.1) is 59.3 Å². The molecule has 3 heteroatoms. The van der Waals surface area contributed by atoms with E-state index in [0.717, 1.165) is 0 Å². The van der Waals surface area contributed by atoms with E-state index in [1.165, 1.54) is 21.5 Å². The zero-order chi connectivity index (χ0) is 12.2. The Labute approximate surface area is 171 Å². The number of halogens is 2.